The van der Waals surface area contributed by atoms with Crippen LogP contribution in [0, 0.1) is 6.92 Å². The zero-order valence-corrected chi connectivity index (χ0v) is 17.6. The number of benzene rings is 1. The van der Waals surface area contributed by atoms with Gasteiger partial charge in [-0.2, -0.15) is 0 Å². The van der Waals surface area contributed by atoms with E-state index in [2.05, 4.69) is 15.3 Å². The van der Waals surface area contributed by atoms with E-state index in [-0.39, 0.29) is 11.7 Å². The van der Waals surface area contributed by atoms with Crippen LogP contribution >= 0.6 is 23.1 Å². The molecule has 2 heterocycles. The van der Waals surface area contributed by atoms with E-state index in [1.54, 1.807) is 43.8 Å². The van der Waals surface area contributed by atoms with Crippen LogP contribution in [0.25, 0.3) is 10.2 Å². The van der Waals surface area contributed by atoms with Gasteiger partial charge in [0.2, 0.25) is 5.91 Å². The number of fused-ring (bicyclic) bond motifs is 3. The fourth-order valence-electron chi connectivity index (χ4n) is 3.41. The van der Waals surface area contributed by atoms with E-state index in [0.29, 0.717) is 17.2 Å². The minimum absolute atomic E-state index is 0.0893. The average Bonchev–Trinajstić information content (AvgIpc) is 3.26. The summed E-state index contributed by atoms with van der Waals surface area (Å²) in [6, 6.07) is 5.32. The van der Waals surface area contributed by atoms with E-state index < -0.39 is 0 Å². The van der Waals surface area contributed by atoms with Crippen molar-refractivity contribution in [1.29, 1.82) is 0 Å². The highest BCUT2D eigenvalue weighted by molar-refractivity contribution is 8.00. The van der Waals surface area contributed by atoms with E-state index in [1.165, 1.54) is 28.6 Å². The molecule has 1 aliphatic rings. The van der Waals surface area contributed by atoms with Gasteiger partial charge in [-0.05, 0) is 43.9 Å². The minimum Gasteiger partial charge on any atom is -0.493 e. The minimum atomic E-state index is -0.0893. The number of hydrogen-bond acceptors (Lipinski definition) is 7. The van der Waals surface area contributed by atoms with Crippen molar-refractivity contribution in [1.82, 2.24) is 9.97 Å². The van der Waals surface area contributed by atoms with Gasteiger partial charge in [0, 0.05) is 22.0 Å². The number of carbonyl (C=O) groups is 1. The number of nitrogens with zero attached hydrogens (tertiary/aromatic N) is 2. The van der Waals surface area contributed by atoms with Gasteiger partial charge in [-0.15, -0.1) is 11.3 Å². The number of aromatic nitrogens is 2. The van der Waals surface area contributed by atoms with Gasteiger partial charge in [-0.25, -0.2) is 9.97 Å². The second-order valence-electron chi connectivity index (χ2n) is 6.52. The zero-order valence-electron chi connectivity index (χ0n) is 16.0. The molecule has 1 aliphatic carbocycles. The highest BCUT2D eigenvalue weighted by atomic mass is 32.2. The fourth-order valence-corrected chi connectivity index (χ4v) is 5.69. The molecule has 3 aromatic rings. The Morgan fingerprint density at radius 1 is 1.21 bits per heavy atom. The Hall–Kier alpha value is -2.32. The Morgan fingerprint density at radius 3 is 2.82 bits per heavy atom. The first-order valence-electron chi connectivity index (χ1n) is 9.02. The number of thioether (sulfide) groups is 1. The van der Waals surface area contributed by atoms with Crippen molar-refractivity contribution in [2.45, 2.75) is 31.2 Å². The number of thiophene rings is 1. The molecule has 0 unspecified atom stereocenters. The Balaban J connectivity index is 1.50. The number of aryl methyl sites for hydroxylation is 3. The molecule has 6 nitrogen and oxygen atoms in total. The number of rotatable bonds is 6. The largest absolute Gasteiger partial charge is 0.493 e. The summed E-state index contributed by atoms with van der Waals surface area (Å²) >= 11 is 3.24. The molecule has 0 saturated heterocycles. The third kappa shape index (κ3) is 3.66. The lowest BCUT2D eigenvalue weighted by atomic mass is 10.2. The molecule has 28 heavy (non-hydrogen) atoms. The molecule has 2 aromatic heterocycles. The second-order valence-corrected chi connectivity index (χ2v) is 8.57. The summed E-state index contributed by atoms with van der Waals surface area (Å²) in [6.45, 7) is 1.90. The summed E-state index contributed by atoms with van der Waals surface area (Å²) in [6.07, 6.45) is 3.39. The number of ether oxygens (including phenoxy) is 2. The molecule has 0 saturated carbocycles. The molecular formula is C20H21N3O3S2. The molecular weight excluding hydrogens is 394 g/mol. The zero-order chi connectivity index (χ0) is 19.7. The molecule has 0 bridgehead atoms. The number of methoxy groups -OCH3 is 2. The van der Waals surface area contributed by atoms with E-state index in [4.69, 9.17) is 9.47 Å². The molecule has 146 valence electrons. The smallest absolute Gasteiger partial charge is 0.234 e. The van der Waals surface area contributed by atoms with Crippen LogP contribution in [0.5, 0.6) is 11.5 Å². The van der Waals surface area contributed by atoms with Crippen molar-refractivity contribution in [2.24, 2.45) is 0 Å². The Kier molecular flexibility index (Phi) is 5.41. The summed E-state index contributed by atoms with van der Waals surface area (Å²) in [4.78, 5) is 24.2. The summed E-state index contributed by atoms with van der Waals surface area (Å²) in [5.41, 5.74) is 2.05. The first-order chi connectivity index (χ1) is 13.6. The maximum Gasteiger partial charge on any atom is 0.234 e. The fraction of sp³-hybridized carbons (Fsp3) is 0.350. The maximum absolute atomic E-state index is 12.5. The Morgan fingerprint density at radius 2 is 2.04 bits per heavy atom. The maximum atomic E-state index is 12.5. The third-order valence-electron chi connectivity index (χ3n) is 4.65. The predicted molar refractivity (Wildman–Crippen MR) is 113 cm³/mol. The third-order valence-corrected chi connectivity index (χ3v) is 6.81. The van der Waals surface area contributed by atoms with E-state index in [1.807, 2.05) is 6.92 Å². The molecule has 1 N–H and O–H groups in total. The second kappa shape index (κ2) is 7.97. The van der Waals surface area contributed by atoms with Gasteiger partial charge in [0.15, 0.2) is 11.5 Å². The van der Waals surface area contributed by atoms with Gasteiger partial charge >= 0.3 is 0 Å². The van der Waals surface area contributed by atoms with Crippen molar-refractivity contribution in [3.8, 4) is 11.5 Å². The number of nitrogens with one attached hydrogen (secondary N) is 1. The van der Waals surface area contributed by atoms with Crippen LogP contribution in [0.4, 0.5) is 5.69 Å². The molecule has 0 radical (unpaired) electrons. The van der Waals surface area contributed by atoms with Crippen LogP contribution in [-0.4, -0.2) is 35.8 Å². The van der Waals surface area contributed by atoms with Gasteiger partial charge in [0.1, 0.15) is 15.7 Å². The van der Waals surface area contributed by atoms with Gasteiger partial charge in [-0.3, -0.25) is 4.79 Å². The predicted octanol–water partition coefficient (Wildman–Crippen LogP) is 4.24. The lowest BCUT2D eigenvalue weighted by Crippen LogP contribution is -2.14. The Labute approximate surface area is 171 Å². The van der Waals surface area contributed by atoms with Crippen LogP contribution in [0.15, 0.2) is 23.2 Å². The van der Waals surface area contributed by atoms with Gasteiger partial charge in [0.05, 0.1) is 20.0 Å². The lowest BCUT2D eigenvalue weighted by molar-refractivity contribution is -0.113. The van der Waals surface area contributed by atoms with Crippen LogP contribution < -0.4 is 14.8 Å². The molecule has 4 rings (SSSR count). The molecule has 0 atom stereocenters. The number of carbonyl (C=O) groups excluding carboxylic acids is 1. The van der Waals surface area contributed by atoms with Crippen molar-refractivity contribution in [2.75, 3.05) is 25.3 Å². The van der Waals surface area contributed by atoms with E-state index >= 15 is 0 Å². The van der Waals surface area contributed by atoms with Crippen molar-refractivity contribution < 1.29 is 14.3 Å². The van der Waals surface area contributed by atoms with Gasteiger partial charge in [-0.1, -0.05) is 11.8 Å². The highest BCUT2D eigenvalue weighted by Gasteiger charge is 2.22. The summed E-state index contributed by atoms with van der Waals surface area (Å²) in [5.74, 6) is 2.14. The number of anilines is 1. The lowest BCUT2D eigenvalue weighted by Gasteiger charge is -2.11. The molecule has 1 aromatic carbocycles. The van der Waals surface area contributed by atoms with Gasteiger partial charge < -0.3 is 14.8 Å². The molecule has 0 fully saturated rings. The average molecular weight is 416 g/mol. The van der Waals surface area contributed by atoms with Crippen LogP contribution in [0.1, 0.15) is 22.7 Å². The van der Waals surface area contributed by atoms with Crippen LogP contribution in [0.2, 0.25) is 0 Å². The van der Waals surface area contributed by atoms with Crippen molar-refractivity contribution in [3.05, 3.63) is 34.5 Å². The normalized spacial score (nSPS) is 12.8. The van der Waals surface area contributed by atoms with Gasteiger partial charge in [0.25, 0.3) is 0 Å². The summed E-state index contributed by atoms with van der Waals surface area (Å²) in [7, 11) is 3.15. The van der Waals surface area contributed by atoms with Crippen molar-refractivity contribution in [3.63, 3.8) is 0 Å². The highest BCUT2D eigenvalue weighted by Crippen LogP contribution is 2.40. The Bertz CT molecular complexity index is 1050. The van der Waals surface area contributed by atoms with Crippen LogP contribution in [-0.2, 0) is 17.6 Å². The number of hydrogen-bond donors (Lipinski definition) is 1. The SMILES string of the molecule is COc1ccc(NC(=O)CSc2nc(C)nc3sc4c(c23)CCC4)cc1OC. The van der Waals surface area contributed by atoms with E-state index in [9.17, 15) is 4.79 Å². The first kappa shape index (κ1) is 19.0. The van der Waals surface area contributed by atoms with Crippen LogP contribution in [0.3, 0.4) is 0 Å². The van der Waals surface area contributed by atoms with E-state index in [0.717, 1.165) is 33.9 Å². The first-order valence-corrected chi connectivity index (χ1v) is 10.8. The standard InChI is InChI=1S/C20H21N3O3S2/c1-11-21-19(18-13-5-4-6-16(13)28-20(18)22-11)27-10-17(24)23-12-7-8-14(25-2)15(9-12)26-3/h7-9H,4-6,10H2,1-3H3,(H,23,24). The number of amides is 1. The molecule has 1 amide bonds. The molecule has 8 heteroatoms. The topological polar surface area (TPSA) is 73.3 Å². The summed E-state index contributed by atoms with van der Waals surface area (Å²) in [5, 5.41) is 4.96. The van der Waals surface area contributed by atoms with Crippen molar-refractivity contribution >= 4 is 44.9 Å². The quantitative estimate of drug-likeness (QED) is 0.480. The summed E-state index contributed by atoms with van der Waals surface area (Å²) < 4.78 is 10.5. The molecule has 0 spiro atoms. The monoisotopic (exact) mass is 415 g/mol. The molecule has 0 aliphatic heterocycles.